The number of rotatable bonds is 6. The number of ether oxygens (including phenoxy) is 1. The molecule has 0 heterocycles. The standard InChI is InChI=1S/C13H15BrO5/c1-2-19-12(18)13(7-8-15,11(16)17)9-3-5-10(14)6-4-9/h3-6,15H,2,7-8H2,1H3,(H,16,17). The second-order valence-electron chi connectivity index (χ2n) is 3.91. The van der Waals surface area contributed by atoms with E-state index in [1.165, 1.54) is 12.1 Å². The summed E-state index contributed by atoms with van der Waals surface area (Å²) < 4.78 is 5.63. The lowest BCUT2D eigenvalue weighted by Crippen LogP contribution is -2.45. The number of carbonyl (C=O) groups excluding carboxylic acids is 1. The van der Waals surface area contributed by atoms with Crippen LogP contribution in [0.4, 0.5) is 0 Å². The Morgan fingerprint density at radius 1 is 1.32 bits per heavy atom. The fourth-order valence-electron chi connectivity index (χ4n) is 1.84. The predicted octanol–water partition coefficient (Wildman–Crippen LogP) is 1.72. The number of hydrogen-bond donors (Lipinski definition) is 2. The minimum Gasteiger partial charge on any atom is -0.480 e. The summed E-state index contributed by atoms with van der Waals surface area (Å²) >= 11 is 3.24. The predicted molar refractivity (Wildman–Crippen MR) is 71.8 cm³/mol. The van der Waals surface area contributed by atoms with E-state index in [0.29, 0.717) is 0 Å². The van der Waals surface area contributed by atoms with Crippen molar-refractivity contribution in [1.29, 1.82) is 0 Å². The summed E-state index contributed by atoms with van der Waals surface area (Å²) in [5.41, 5.74) is -1.58. The van der Waals surface area contributed by atoms with Crippen molar-refractivity contribution >= 4 is 27.9 Å². The molecule has 5 nitrogen and oxygen atoms in total. The Balaban J connectivity index is 3.34. The first-order valence-corrected chi connectivity index (χ1v) is 6.55. The van der Waals surface area contributed by atoms with Gasteiger partial charge in [-0.15, -0.1) is 0 Å². The summed E-state index contributed by atoms with van der Waals surface area (Å²) in [5, 5.41) is 18.6. The zero-order chi connectivity index (χ0) is 14.5. The Hall–Kier alpha value is -1.40. The summed E-state index contributed by atoms with van der Waals surface area (Å²) in [6.07, 6.45) is -0.233. The molecule has 1 atom stereocenters. The van der Waals surface area contributed by atoms with Gasteiger partial charge in [0.25, 0.3) is 0 Å². The van der Waals surface area contributed by atoms with E-state index in [1.54, 1.807) is 19.1 Å². The summed E-state index contributed by atoms with van der Waals surface area (Å²) in [7, 11) is 0. The summed E-state index contributed by atoms with van der Waals surface area (Å²) in [5.74, 6) is -2.19. The van der Waals surface area contributed by atoms with Crippen LogP contribution in [0.15, 0.2) is 28.7 Å². The Bertz CT molecular complexity index is 457. The first kappa shape index (κ1) is 15.7. The van der Waals surface area contributed by atoms with Gasteiger partial charge >= 0.3 is 11.9 Å². The van der Waals surface area contributed by atoms with Crippen LogP contribution in [-0.2, 0) is 19.7 Å². The molecule has 1 rings (SSSR count). The molecule has 0 bridgehead atoms. The molecule has 1 aromatic rings. The van der Waals surface area contributed by atoms with Gasteiger partial charge in [-0.25, -0.2) is 0 Å². The van der Waals surface area contributed by atoms with E-state index in [1.807, 2.05) is 0 Å². The smallest absolute Gasteiger partial charge is 0.328 e. The van der Waals surface area contributed by atoms with E-state index < -0.39 is 24.0 Å². The molecule has 0 fully saturated rings. The van der Waals surface area contributed by atoms with Gasteiger partial charge in [-0.3, -0.25) is 9.59 Å². The molecule has 0 saturated heterocycles. The highest BCUT2D eigenvalue weighted by Crippen LogP contribution is 2.31. The number of carbonyl (C=O) groups is 2. The zero-order valence-corrected chi connectivity index (χ0v) is 12.0. The van der Waals surface area contributed by atoms with Crippen molar-refractivity contribution in [1.82, 2.24) is 0 Å². The van der Waals surface area contributed by atoms with Gasteiger partial charge in [0.1, 0.15) is 0 Å². The Labute approximate surface area is 119 Å². The van der Waals surface area contributed by atoms with Gasteiger partial charge in [0.05, 0.1) is 6.61 Å². The van der Waals surface area contributed by atoms with Crippen LogP contribution in [-0.4, -0.2) is 35.4 Å². The zero-order valence-electron chi connectivity index (χ0n) is 10.4. The number of esters is 1. The maximum absolute atomic E-state index is 12.1. The topological polar surface area (TPSA) is 83.8 Å². The number of carboxylic acids is 1. The molecule has 1 aromatic carbocycles. The molecule has 19 heavy (non-hydrogen) atoms. The fraction of sp³-hybridized carbons (Fsp3) is 0.385. The van der Waals surface area contributed by atoms with E-state index in [2.05, 4.69) is 15.9 Å². The van der Waals surface area contributed by atoms with Gasteiger partial charge in [0, 0.05) is 17.5 Å². The minimum absolute atomic E-state index is 0.0792. The Morgan fingerprint density at radius 2 is 1.89 bits per heavy atom. The number of aliphatic carboxylic acids is 1. The second-order valence-corrected chi connectivity index (χ2v) is 4.83. The third-order valence-corrected chi connectivity index (χ3v) is 3.34. The molecule has 0 amide bonds. The summed E-state index contributed by atoms with van der Waals surface area (Å²) in [6.45, 7) is 1.25. The Kier molecular flexibility index (Phi) is 5.50. The van der Waals surface area contributed by atoms with Crippen LogP contribution in [0.2, 0.25) is 0 Å². The van der Waals surface area contributed by atoms with Gasteiger partial charge in [-0.1, -0.05) is 28.1 Å². The molecule has 0 aliphatic rings. The van der Waals surface area contributed by atoms with Gasteiger partial charge in [-0.05, 0) is 24.6 Å². The van der Waals surface area contributed by atoms with E-state index in [0.717, 1.165) is 4.47 Å². The van der Waals surface area contributed by atoms with Crippen molar-refractivity contribution in [2.24, 2.45) is 0 Å². The number of halogens is 1. The second kappa shape index (κ2) is 6.68. The van der Waals surface area contributed by atoms with Crippen LogP contribution in [0.3, 0.4) is 0 Å². The molecule has 0 aromatic heterocycles. The quantitative estimate of drug-likeness (QED) is 0.612. The van der Waals surface area contributed by atoms with Crippen LogP contribution in [0.5, 0.6) is 0 Å². The Morgan fingerprint density at radius 3 is 2.32 bits per heavy atom. The normalized spacial score (nSPS) is 13.6. The van der Waals surface area contributed by atoms with Crippen molar-refractivity contribution < 1.29 is 24.5 Å². The first-order valence-electron chi connectivity index (χ1n) is 5.76. The molecule has 0 radical (unpaired) electrons. The highest BCUT2D eigenvalue weighted by molar-refractivity contribution is 9.10. The molecule has 1 unspecified atom stereocenters. The van der Waals surface area contributed by atoms with Crippen molar-refractivity contribution in [3.8, 4) is 0 Å². The number of carboxylic acid groups (broad SMARTS) is 1. The van der Waals surface area contributed by atoms with E-state index in [9.17, 15) is 14.7 Å². The molecule has 104 valence electrons. The fourth-order valence-corrected chi connectivity index (χ4v) is 2.10. The lowest BCUT2D eigenvalue weighted by atomic mass is 9.77. The monoisotopic (exact) mass is 330 g/mol. The lowest BCUT2D eigenvalue weighted by Gasteiger charge is -2.26. The van der Waals surface area contributed by atoms with Crippen molar-refractivity contribution in [2.45, 2.75) is 18.8 Å². The third kappa shape index (κ3) is 3.13. The van der Waals surface area contributed by atoms with E-state index >= 15 is 0 Å². The number of aliphatic hydroxyl groups excluding tert-OH is 1. The number of aliphatic hydroxyl groups is 1. The average molecular weight is 331 g/mol. The minimum atomic E-state index is -1.87. The SMILES string of the molecule is CCOC(=O)C(CCO)(C(=O)O)c1ccc(Br)cc1. The average Bonchev–Trinajstić information content (AvgIpc) is 2.37. The van der Waals surface area contributed by atoms with Crippen LogP contribution in [0, 0.1) is 0 Å². The summed E-state index contributed by atoms with van der Waals surface area (Å²) in [6, 6.07) is 6.35. The molecule has 0 aliphatic heterocycles. The maximum atomic E-state index is 12.1. The lowest BCUT2D eigenvalue weighted by molar-refractivity contribution is -0.162. The van der Waals surface area contributed by atoms with Crippen molar-refractivity contribution in [3.05, 3.63) is 34.3 Å². The molecule has 0 spiro atoms. The first-order chi connectivity index (χ1) is 8.98. The summed E-state index contributed by atoms with van der Waals surface area (Å²) in [4.78, 5) is 23.6. The van der Waals surface area contributed by atoms with Gasteiger partial charge < -0.3 is 14.9 Å². The van der Waals surface area contributed by atoms with E-state index in [4.69, 9.17) is 9.84 Å². The molecule has 2 N–H and O–H groups in total. The van der Waals surface area contributed by atoms with Crippen LogP contribution in [0.1, 0.15) is 18.9 Å². The highest BCUT2D eigenvalue weighted by atomic mass is 79.9. The van der Waals surface area contributed by atoms with Crippen molar-refractivity contribution in [2.75, 3.05) is 13.2 Å². The molecular formula is C13H15BrO5. The van der Waals surface area contributed by atoms with Gasteiger partial charge in [-0.2, -0.15) is 0 Å². The molecular weight excluding hydrogens is 316 g/mol. The largest absolute Gasteiger partial charge is 0.480 e. The van der Waals surface area contributed by atoms with E-state index in [-0.39, 0.29) is 18.6 Å². The molecule has 0 saturated carbocycles. The molecule has 0 aliphatic carbocycles. The molecule has 6 heteroatoms. The van der Waals surface area contributed by atoms with Crippen LogP contribution < -0.4 is 0 Å². The van der Waals surface area contributed by atoms with Crippen LogP contribution >= 0.6 is 15.9 Å². The maximum Gasteiger partial charge on any atom is 0.328 e. The number of hydrogen-bond acceptors (Lipinski definition) is 4. The number of benzene rings is 1. The van der Waals surface area contributed by atoms with Gasteiger partial charge in [0.2, 0.25) is 0 Å². The highest BCUT2D eigenvalue weighted by Gasteiger charge is 2.48. The van der Waals surface area contributed by atoms with Gasteiger partial charge in [0.15, 0.2) is 5.41 Å². The van der Waals surface area contributed by atoms with Crippen LogP contribution in [0.25, 0.3) is 0 Å². The third-order valence-electron chi connectivity index (χ3n) is 2.81. The van der Waals surface area contributed by atoms with Crippen molar-refractivity contribution in [3.63, 3.8) is 0 Å².